The van der Waals surface area contributed by atoms with Crippen LogP contribution in [0.4, 0.5) is 31.5 Å². The molecule has 0 radical (unpaired) electrons. The van der Waals surface area contributed by atoms with Crippen molar-refractivity contribution in [2.24, 2.45) is 0 Å². The SMILES string of the molecule is CN1CCN2c3c(cccc31)[C@@H]1CN(CCCC(=O)c3ccc(F)cc3)CC[C@@H]12.CN1CCN2c3c(cccc31)[C@@H]1CNCC[C@@H]12.O=C(CCCCl)c1ccc(F)cc1. The highest BCUT2D eigenvalue weighted by atomic mass is 35.5. The van der Waals surface area contributed by atoms with Crippen molar-refractivity contribution in [3.63, 3.8) is 0 Å². The first-order valence-corrected chi connectivity index (χ1v) is 22.0. The van der Waals surface area contributed by atoms with E-state index in [0.717, 1.165) is 58.3 Å². The van der Waals surface area contributed by atoms with Gasteiger partial charge in [-0.1, -0.05) is 24.3 Å². The maximum absolute atomic E-state index is 13.0. The number of piperidine rings is 2. The van der Waals surface area contributed by atoms with Crippen molar-refractivity contribution in [3.05, 3.63) is 119 Å². The Hall–Kier alpha value is -4.51. The third-order valence-corrected chi connectivity index (χ3v) is 13.6. The second-order valence-corrected chi connectivity index (χ2v) is 17.2. The Labute approximate surface area is 353 Å². The zero-order chi connectivity index (χ0) is 41.0. The highest BCUT2D eigenvalue weighted by Gasteiger charge is 2.45. The zero-order valence-corrected chi connectivity index (χ0v) is 35.1. The minimum absolute atomic E-state index is 0.0145. The van der Waals surface area contributed by atoms with Crippen LogP contribution < -0.4 is 24.9 Å². The number of hydrogen-bond donors (Lipinski definition) is 1. The Morgan fingerprint density at radius 2 is 1.19 bits per heavy atom. The number of ketones is 2. The van der Waals surface area contributed by atoms with Crippen molar-refractivity contribution in [1.82, 2.24) is 10.2 Å². The maximum atomic E-state index is 13.0. The first-order chi connectivity index (χ1) is 28.7. The fraction of sp³-hybridized carbons (Fsp3) is 0.458. The van der Waals surface area contributed by atoms with E-state index in [2.05, 4.69) is 80.3 Å². The topological polar surface area (TPSA) is 62.4 Å². The Bertz CT molecular complexity index is 2100. The number of anilines is 4. The predicted molar refractivity (Wildman–Crippen MR) is 236 cm³/mol. The molecule has 1 N–H and O–H groups in total. The first kappa shape index (κ1) is 41.2. The molecule has 0 amide bonds. The van der Waals surface area contributed by atoms with E-state index in [0.29, 0.717) is 54.1 Å². The number of nitrogens with one attached hydrogen (secondary N) is 1. The van der Waals surface area contributed by atoms with Gasteiger partial charge in [0.15, 0.2) is 11.6 Å². The maximum Gasteiger partial charge on any atom is 0.162 e. The summed E-state index contributed by atoms with van der Waals surface area (Å²) < 4.78 is 25.5. The summed E-state index contributed by atoms with van der Waals surface area (Å²) in [6.07, 6.45) is 4.95. The molecule has 6 aliphatic heterocycles. The highest BCUT2D eigenvalue weighted by molar-refractivity contribution is 6.18. The van der Waals surface area contributed by atoms with Gasteiger partial charge in [-0.25, -0.2) is 8.78 Å². The third-order valence-electron chi connectivity index (χ3n) is 13.3. The van der Waals surface area contributed by atoms with E-state index < -0.39 is 0 Å². The van der Waals surface area contributed by atoms with Crippen LogP contribution in [-0.2, 0) is 0 Å². The predicted octanol–water partition coefficient (Wildman–Crippen LogP) is 8.35. The number of carbonyl (C=O) groups is 2. The van der Waals surface area contributed by atoms with Crippen LogP contribution in [0.15, 0.2) is 84.9 Å². The fourth-order valence-corrected chi connectivity index (χ4v) is 10.4. The van der Waals surface area contributed by atoms with Crippen molar-refractivity contribution in [2.75, 3.05) is 98.5 Å². The fourth-order valence-electron chi connectivity index (χ4n) is 10.3. The first-order valence-electron chi connectivity index (χ1n) is 21.5. The molecular weight excluding hydrogens is 766 g/mol. The summed E-state index contributed by atoms with van der Waals surface area (Å²) in [6, 6.07) is 26.4. The molecule has 4 aromatic carbocycles. The van der Waals surface area contributed by atoms with Gasteiger partial charge in [-0.3, -0.25) is 9.59 Å². The number of fused-ring (bicyclic) bond motifs is 6. The number of likely N-dealkylation sites (tertiary alicyclic amines) is 1. The van der Waals surface area contributed by atoms with Crippen LogP contribution in [0.5, 0.6) is 0 Å². The Morgan fingerprint density at radius 3 is 1.75 bits per heavy atom. The molecule has 4 aromatic rings. The number of likely N-dealkylation sites (N-methyl/N-ethyl adjacent to an activating group) is 2. The van der Waals surface area contributed by atoms with Crippen LogP contribution in [0.2, 0.25) is 0 Å². The number of hydrogen-bond acceptors (Lipinski definition) is 8. The molecule has 0 spiro atoms. The van der Waals surface area contributed by atoms with Crippen molar-refractivity contribution < 1.29 is 18.4 Å². The summed E-state index contributed by atoms with van der Waals surface area (Å²) in [5.74, 6) is 1.26. The quantitative estimate of drug-likeness (QED) is 0.134. The minimum atomic E-state index is -0.325. The molecule has 312 valence electrons. The molecule has 0 aliphatic carbocycles. The monoisotopic (exact) mass is 822 g/mol. The lowest BCUT2D eigenvalue weighted by Gasteiger charge is -2.41. The third kappa shape index (κ3) is 8.73. The highest BCUT2D eigenvalue weighted by Crippen LogP contribution is 2.51. The Kier molecular flexibility index (Phi) is 12.9. The number of nitrogens with zero attached hydrogens (tertiary/aromatic N) is 5. The average molecular weight is 823 g/mol. The molecule has 0 unspecified atom stereocenters. The summed E-state index contributed by atoms with van der Waals surface area (Å²) in [7, 11) is 4.41. The molecule has 2 fully saturated rings. The van der Waals surface area contributed by atoms with Gasteiger partial charge in [0.2, 0.25) is 0 Å². The summed E-state index contributed by atoms with van der Waals surface area (Å²) >= 11 is 5.45. The Morgan fingerprint density at radius 1 is 0.661 bits per heavy atom. The number of alkyl halides is 1. The van der Waals surface area contributed by atoms with Gasteiger partial charge in [-0.15, -0.1) is 11.6 Å². The molecule has 4 atom stereocenters. The van der Waals surface area contributed by atoms with E-state index in [-0.39, 0.29) is 23.2 Å². The van der Waals surface area contributed by atoms with Crippen molar-refractivity contribution in [1.29, 1.82) is 0 Å². The van der Waals surface area contributed by atoms with Crippen LogP contribution in [0.1, 0.15) is 82.2 Å². The second kappa shape index (κ2) is 18.4. The van der Waals surface area contributed by atoms with Gasteiger partial charge >= 0.3 is 0 Å². The molecule has 0 saturated carbocycles. The summed E-state index contributed by atoms with van der Waals surface area (Å²) in [6.45, 7) is 10.0. The largest absolute Gasteiger partial charge is 0.371 e. The molecule has 0 bridgehead atoms. The molecule has 0 aromatic heterocycles. The van der Waals surface area contributed by atoms with E-state index in [4.69, 9.17) is 11.6 Å². The molecule has 8 nitrogen and oxygen atoms in total. The van der Waals surface area contributed by atoms with Crippen LogP contribution in [0.25, 0.3) is 0 Å². The van der Waals surface area contributed by atoms with E-state index >= 15 is 0 Å². The van der Waals surface area contributed by atoms with Gasteiger partial charge in [0.05, 0.1) is 22.7 Å². The molecule has 6 aliphatic rings. The summed E-state index contributed by atoms with van der Waals surface area (Å²) in [5.41, 5.74) is 10.0. The molecule has 6 heterocycles. The van der Waals surface area contributed by atoms with E-state index in [1.807, 2.05) is 0 Å². The Balaban J connectivity index is 0.000000136. The van der Waals surface area contributed by atoms with Crippen molar-refractivity contribution >= 4 is 45.9 Å². The second-order valence-electron chi connectivity index (χ2n) is 16.8. The van der Waals surface area contributed by atoms with Crippen LogP contribution >= 0.6 is 11.6 Å². The van der Waals surface area contributed by atoms with Crippen LogP contribution in [0, 0.1) is 11.6 Å². The van der Waals surface area contributed by atoms with Gasteiger partial charge in [0.1, 0.15) is 11.6 Å². The number of halogens is 3. The van der Waals surface area contributed by atoms with E-state index in [1.165, 1.54) is 90.6 Å². The van der Waals surface area contributed by atoms with Gasteiger partial charge in [0.25, 0.3) is 0 Å². The number of carbonyl (C=O) groups excluding carboxylic acids is 2. The lowest BCUT2D eigenvalue weighted by Crippen LogP contribution is -2.49. The summed E-state index contributed by atoms with van der Waals surface area (Å²) in [5, 5.41) is 3.55. The van der Waals surface area contributed by atoms with Gasteiger partial charge in [-0.2, -0.15) is 0 Å². The smallest absolute Gasteiger partial charge is 0.162 e. The standard InChI is InChI=1S/C24H28FN3O.C14H19N3.C10H10ClFO/c1-26-14-15-28-21-11-13-27(16-20(21)19-4-2-5-22(26)24(19)28)12-3-6-23(29)17-7-9-18(25)10-8-17;1-16-7-8-17-12-5-6-15-9-11(12)10-3-2-4-13(16)14(10)17;11-7-1-2-10(13)8-3-5-9(12)6-4-8/h2,4-5,7-10,20-21H,3,6,11-16H2,1H3;2-4,11-12,15H,5-9H2,1H3;3-6H,1-2,7H2/t20-,21-;11-,12-;/m00./s1. The van der Waals surface area contributed by atoms with E-state index in [9.17, 15) is 18.4 Å². The molecule has 10 rings (SSSR count). The minimum Gasteiger partial charge on any atom is -0.371 e. The summed E-state index contributed by atoms with van der Waals surface area (Å²) in [4.78, 5) is 36.3. The number of benzene rings is 4. The van der Waals surface area contributed by atoms with Crippen LogP contribution in [0.3, 0.4) is 0 Å². The lowest BCUT2D eigenvalue weighted by molar-refractivity contribution is 0.0966. The normalized spacial score (nSPS) is 22.3. The number of Topliss-reactive ketones (excluding diaryl/α,β-unsaturated/α-hetero) is 2. The van der Waals surface area contributed by atoms with Gasteiger partial charge < -0.3 is 29.8 Å². The van der Waals surface area contributed by atoms with Crippen molar-refractivity contribution in [2.45, 2.75) is 62.4 Å². The van der Waals surface area contributed by atoms with Crippen LogP contribution in [-0.4, -0.2) is 107 Å². The molecule has 2 saturated heterocycles. The lowest BCUT2D eigenvalue weighted by atomic mass is 9.89. The number of rotatable bonds is 9. The molecule has 59 heavy (non-hydrogen) atoms. The molecule has 11 heteroatoms. The number of para-hydroxylation sites is 2. The average Bonchev–Trinajstić information content (AvgIpc) is 3.77. The molecular formula is C48H57ClF2N6O2. The van der Waals surface area contributed by atoms with Gasteiger partial charge in [-0.05, 0) is 111 Å². The van der Waals surface area contributed by atoms with Crippen molar-refractivity contribution in [3.8, 4) is 0 Å². The van der Waals surface area contributed by atoms with E-state index in [1.54, 1.807) is 17.7 Å². The zero-order valence-electron chi connectivity index (χ0n) is 34.4. The van der Waals surface area contributed by atoms with Gasteiger partial charge in [0, 0.05) is 114 Å².